The number of carbonyl (C=O) groups excluding carboxylic acids is 1. The van der Waals surface area contributed by atoms with Gasteiger partial charge >= 0.3 is 5.97 Å². The molecule has 0 aromatic heterocycles. The number of hydrogen-bond donors (Lipinski definition) is 0. The third kappa shape index (κ3) is 3.19. The molecular formula is C14H18O5. The van der Waals surface area contributed by atoms with E-state index in [4.69, 9.17) is 18.9 Å². The molecule has 0 aliphatic rings. The molecule has 0 N–H and O–H groups in total. The first kappa shape index (κ1) is 14.9. The van der Waals surface area contributed by atoms with E-state index in [1.54, 1.807) is 12.1 Å². The Hall–Kier alpha value is -2.17. The number of esters is 1. The third-order valence-electron chi connectivity index (χ3n) is 2.55. The minimum Gasteiger partial charge on any atom is -0.494 e. The van der Waals surface area contributed by atoms with Crippen LogP contribution in [-0.2, 0) is 9.47 Å². The average Bonchev–Trinajstić information content (AvgIpc) is 2.45. The van der Waals surface area contributed by atoms with E-state index >= 15 is 0 Å². The summed E-state index contributed by atoms with van der Waals surface area (Å²) in [5.41, 5.74) is 0.838. The predicted octanol–water partition coefficient (Wildman–Crippen LogP) is 2.50. The first-order valence-corrected chi connectivity index (χ1v) is 5.75. The molecule has 1 rings (SSSR count). The van der Waals surface area contributed by atoms with Crippen LogP contribution in [0.2, 0.25) is 0 Å². The smallest absolute Gasteiger partial charge is 0.338 e. The van der Waals surface area contributed by atoms with E-state index in [0.717, 1.165) is 0 Å². The van der Waals surface area contributed by atoms with Gasteiger partial charge in [0.2, 0.25) is 0 Å². The summed E-state index contributed by atoms with van der Waals surface area (Å²) in [5.74, 6) is 0.822. The van der Waals surface area contributed by atoms with Gasteiger partial charge in [0.15, 0.2) is 11.5 Å². The minimum atomic E-state index is -0.489. The maximum atomic E-state index is 11.8. The molecule has 19 heavy (non-hydrogen) atoms. The van der Waals surface area contributed by atoms with E-state index < -0.39 is 5.97 Å². The Labute approximate surface area is 112 Å². The average molecular weight is 266 g/mol. The molecule has 0 bridgehead atoms. The van der Waals surface area contributed by atoms with Crippen molar-refractivity contribution in [2.75, 3.05) is 27.9 Å². The highest BCUT2D eigenvalue weighted by atomic mass is 16.5. The maximum Gasteiger partial charge on any atom is 0.338 e. The van der Waals surface area contributed by atoms with Gasteiger partial charge < -0.3 is 18.9 Å². The van der Waals surface area contributed by atoms with Crippen molar-refractivity contribution in [1.29, 1.82) is 0 Å². The van der Waals surface area contributed by atoms with Crippen molar-refractivity contribution < 1.29 is 23.7 Å². The second-order valence-corrected chi connectivity index (χ2v) is 3.60. The number of carbonyl (C=O) groups is 1. The van der Waals surface area contributed by atoms with Gasteiger partial charge in [-0.2, -0.15) is 0 Å². The highest BCUT2D eigenvalue weighted by molar-refractivity contribution is 5.95. The molecular weight excluding hydrogens is 248 g/mol. The topological polar surface area (TPSA) is 54.0 Å². The van der Waals surface area contributed by atoms with Gasteiger partial charge in [0.1, 0.15) is 5.76 Å². The normalized spacial score (nSPS) is 9.68. The Morgan fingerprint density at radius 3 is 2.05 bits per heavy atom. The van der Waals surface area contributed by atoms with Crippen molar-refractivity contribution in [1.82, 2.24) is 0 Å². The van der Waals surface area contributed by atoms with E-state index in [9.17, 15) is 4.79 Å². The van der Waals surface area contributed by atoms with Crippen molar-refractivity contribution in [3.8, 4) is 11.5 Å². The lowest BCUT2D eigenvalue weighted by Crippen LogP contribution is -2.07. The Morgan fingerprint density at radius 1 is 1.11 bits per heavy atom. The van der Waals surface area contributed by atoms with Crippen LogP contribution in [0.15, 0.2) is 18.7 Å². The summed E-state index contributed by atoms with van der Waals surface area (Å²) in [6.07, 6.45) is 0. The van der Waals surface area contributed by atoms with E-state index in [1.807, 2.05) is 6.92 Å². The fraction of sp³-hybridized carbons (Fsp3) is 0.357. The monoisotopic (exact) mass is 266 g/mol. The lowest BCUT2D eigenvalue weighted by atomic mass is 10.0. The molecule has 5 nitrogen and oxygen atoms in total. The number of rotatable bonds is 6. The fourth-order valence-electron chi connectivity index (χ4n) is 1.64. The van der Waals surface area contributed by atoms with Crippen LogP contribution in [0, 0.1) is 0 Å². The van der Waals surface area contributed by atoms with Gasteiger partial charge in [0, 0.05) is 5.56 Å². The number of benzene rings is 1. The number of methoxy groups -OCH3 is 3. The second kappa shape index (κ2) is 6.68. The molecule has 0 aliphatic carbocycles. The van der Waals surface area contributed by atoms with Crippen LogP contribution in [0.1, 0.15) is 22.8 Å². The molecule has 0 saturated carbocycles. The maximum absolute atomic E-state index is 11.8. The van der Waals surface area contributed by atoms with Crippen LogP contribution >= 0.6 is 0 Å². The molecule has 1 aromatic carbocycles. The molecule has 0 saturated heterocycles. The van der Waals surface area contributed by atoms with E-state index in [0.29, 0.717) is 35.0 Å². The summed E-state index contributed by atoms with van der Waals surface area (Å²) in [4.78, 5) is 11.8. The third-order valence-corrected chi connectivity index (χ3v) is 2.55. The van der Waals surface area contributed by atoms with E-state index in [1.165, 1.54) is 21.3 Å². The molecule has 0 heterocycles. The van der Waals surface area contributed by atoms with Crippen molar-refractivity contribution in [2.24, 2.45) is 0 Å². The molecule has 0 amide bonds. The van der Waals surface area contributed by atoms with Crippen molar-refractivity contribution in [2.45, 2.75) is 6.92 Å². The Bertz CT molecular complexity index is 479. The molecule has 0 unspecified atom stereocenters. The summed E-state index contributed by atoms with van der Waals surface area (Å²) < 4.78 is 20.4. The Balaban J connectivity index is 3.39. The zero-order chi connectivity index (χ0) is 14.4. The van der Waals surface area contributed by atoms with Gasteiger partial charge in [0.05, 0.1) is 33.5 Å². The van der Waals surface area contributed by atoms with Gasteiger partial charge in [-0.05, 0) is 19.1 Å². The molecule has 0 spiro atoms. The zero-order valence-electron chi connectivity index (χ0n) is 11.6. The molecule has 0 radical (unpaired) electrons. The van der Waals surface area contributed by atoms with Gasteiger partial charge in [-0.1, -0.05) is 6.58 Å². The molecule has 5 heteroatoms. The number of ether oxygens (including phenoxy) is 4. The summed E-state index contributed by atoms with van der Waals surface area (Å²) in [5, 5.41) is 0. The quantitative estimate of drug-likeness (QED) is 0.585. The molecule has 0 aliphatic heterocycles. The summed E-state index contributed by atoms with van der Waals surface area (Å²) in [7, 11) is 4.32. The lowest BCUT2D eigenvalue weighted by molar-refractivity contribution is 0.0599. The highest BCUT2D eigenvalue weighted by Gasteiger charge is 2.19. The first-order valence-electron chi connectivity index (χ1n) is 5.75. The summed E-state index contributed by atoms with van der Waals surface area (Å²) in [6.45, 7) is 6.09. The first-order chi connectivity index (χ1) is 9.08. The van der Waals surface area contributed by atoms with Crippen LogP contribution < -0.4 is 9.47 Å². The van der Waals surface area contributed by atoms with Crippen LogP contribution in [0.25, 0.3) is 5.76 Å². The van der Waals surface area contributed by atoms with Gasteiger partial charge in [-0.15, -0.1) is 0 Å². The van der Waals surface area contributed by atoms with Crippen LogP contribution in [0.4, 0.5) is 0 Å². The highest BCUT2D eigenvalue weighted by Crippen LogP contribution is 2.33. The standard InChI is InChI=1S/C14H18O5/c1-6-19-9(2)10-7-12(16-3)13(17-4)8-11(10)14(15)18-5/h7-8H,2,6H2,1,3-5H3. The molecule has 0 fully saturated rings. The van der Waals surface area contributed by atoms with Crippen molar-refractivity contribution >= 4 is 11.7 Å². The molecule has 1 aromatic rings. The summed E-state index contributed by atoms with van der Waals surface area (Å²) >= 11 is 0. The van der Waals surface area contributed by atoms with Gasteiger partial charge in [0.25, 0.3) is 0 Å². The van der Waals surface area contributed by atoms with E-state index in [-0.39, 0.29) is 0 Å². The predicted molar refractivity (Wildman–Crippen MR) is 71.5 cm³/mol. The largest absolute Gasteiger partial charge is 0.494 e. The minimum absolute atomic E-state index is 0.318. The molecule has 104 valence electrons. The van der Waals surface area contributed by atoms with Crippen LogP contribution in [0.5, 0.6) is 11.5 Å². The van der Waals surface area contributed by atoms with Crippen LogP contribution in [0.3, 0.4) is 0 Å². The Kier molecular flexibility index (Phi) is 5.23. The fourth-order valence-corrected chi connectivity index (χ4v) is 1.64. The van der Waals surface area contributed by atoms with Gasteiger partial charge in [-0.25, -0.2) is 4.79 Å². The summed E-state index contributed by atoms with van der Waals surface area (Å²) in [6, 6.07) is 3.19. The zero-order valence-corrected chi connectivity index (χ0v) is 11.6. The van der Waals surface area contributed by atoms with E-state index in [2.05, 4.69) is 6.58 Å². The van der Waals surface area contributed by atoms with Crippen LogP contribution in [-0.4, -0.2) is 33.9 Å². The van der Waals surface area contributed by atoms with Crippen molar-refractivity contribution in [3.05, 3.63) is 29.8 Å². The second-order valence-electron chi connectivity index (χ2n) is 3.60. The van der Waals surface area contributed by atoms with Gasteiger partial charge in [-0.3, -0.25) is 0 Å². The SMILES string of the molecule is C=C(OCC)c1cc(OC)c(OC)cc1C(=O)OC. The molecule has 0 atom stereocenters. The number of hydrogen-bond acceptors (Lipinski definition) is 5. The Morgan fingerprint density at radius 2 is 1.63 bits per heavy atom. The lowest BCUT2D eigenvalue weighted by Gasteiger charge is -2.15. The van der Waals surface area contributed by atoms with Crippen molar-refractivity contribution in [3.63, 3.8) is 0 Å².